The predicted octanol–water partition coefficient (Wildman–Crippen LogP) is 6.74. The van der Waals surface area contributed by atoms with E-state index < -0.39 is 5.60 Å². The SMILES string of the molecule is CC(C)(C)OC(=O)N1CCCCC1c1ccc(Nc2nc3c(-c4ccc(F)cc4)cccn3n2)cc1. The molecule has 0 spiro atoms. The summed E-state index contributed by atoms with van der Waals surface area (Å²) in [7, 11) is 0. The predicted molar refractivity (Wildman–Crippen MR) is 138 cm³/mol. The highest BCUT2D eigenvalue weighted by Gasteiger charge is 2.31. The summed E-state index contributed by atoms with van der Waals surface area (Å²) in [4.78, 5) is 19.3. The number of pyridine rings is 1. The zero-order valence-corrected chi connectivity index (χ0v) is 20.7. The number of ether oxygens (including phenoxy) is 1. The van der Waals surface area contributed by atoms with Gasteiger partial charge in [-0.1, -0.05) is 24.3 Å². The Bertz CT molecular complexity index is 1360. The van der Waals surface area contributed by atoms with E-state index in [1.807, 2.05) is 68.3 Å². The van der Waals surface area contributed by atoms with E-state index in [-0.39, 0.29) is 18.0 Å². The topological polar surface area (TPSA) is 71.8 Å². The van der Waals surface area contributed by atoms with Crippen LogP contribution in [0.1, 0.15) is 51.6 Å². The molecule has 2 aromatic heterocycles. The Morgan fingerprint density at radius 2 is 1.81 bits per heavy atom. The first-order valence-corrected chi connectivity index (χ1v) is 12.2. The first-order chi connectivity index (χ1) is 17.3. The van der Waals surface area contributed by atoms with Crippen molar-refractivity contribution in [1.29, 1.82) is 0 Å². The molecule has 7 nitrogen and oxygen atoms in total. The molecule has 0 saturated carbocycles. The molecule has 0 aliphatic carbocycles. The van der Waals surface area contributed by atoms with Crippen LogP contribution >= 0.6 is 0 Å². The van der Waals surface area contributed by atoms with Gasteiger partial charge in [-0.3, -0.25) is 0 Å². The van der Waals surface area contributed by atoms with Crippen molar-refractivity contribution in [3.8, 4) is 11.1 Å². The summed E-state index contributed by atoms with van der Waals surface area (Å²) in [6.45, 7) is 6.36. The number of amides is 1. The highest BCUT2D eigenvalue weighted by Crippen LogP contribution is 2.33. The fourth-order valence-corrected chi connectivity index (χ4v) is 4.55. The average molecular weight is 488 g/mol. The molecule has 2 aromatic carbocycles. The minimum absolute atomic E-state index is 0.00534. The largest absolute Gasteiger partial charge is 0.444 e. The molecule has 1 aliphatic rings. The maximum atomic E-state index is 13.4. The van der Waals surface area contributed by atoms with Crippen LogP contribution in [0.3, 0.4) is 0 Å². The van der Waals surface area contributed by atoms with Crippen molar-refractivity contribution in [3.63, 3.8) is 0 Å². The van der Waals surface area contributed by atoms with Gasteiger partial charge in [0.15, 0.2) is 5.65 Å². The van der Waals surface area contributed by atoms with Crippen molar-refractivity contribution in [1.82, 2.24) is 19.5 Å². The molecule has 186 valence electrons. The van der Waals surface area contributed by atoms with E-state index in [2.05, 4.69) is 15.4 Å². The lowest BCUT2D eigenvalue weighted by Gasteiger charge is -2.37. The molecular weight excluding hydrogens is 457 g/mol. The number of nitrogens with one attached hydrogen (secondary N) is 1. The average Bonchev–Trinajstić information content (AvgIpc) is 3.26. The van der Waals surface area contributed by atoms with Crippen LogP contribution in [0.25, 0.3) is 16.8 Å². The maximum Gasteiger partial charge on any atom is 0.410 e. The van der Waals surface area contributed by atoms with Crippen molar-refractivity contribution in [3.05, 3.63) is 78.2 Å². The minimum atomic E-state index is -0.523. The molecule has 0 radical (unpaired) electrons. The molecule has 36 heavy (non-hydrogen) atoms. The Morgan fingerprint density at radius 1 is 1.06 bits per heavy atom. The number of halogens is 1. The molecule has 0 bridgehead atoms. The first-order valence-electron chi connectivity index (χ1n) is 12.2. The Labute approximate surface area is 209 Å². The molecule has 3 heterocycles. The van der Waals surface area contributed by atoms with Crippen LogP contribution in [-0.4, -0.2) is 37.7 Å². The second kappa shape index (κ2) is 9.60. The number of benzene rings is 2. The van der Waals surface area contributed by atoms with Crippen molar-refractivity contribution >= 4 is 23.4 Å². The molecule has 1 fully saturated rings. The normalized spacial score (nSPS) is 16.2. The molecule has 8 heteroatoms. The van der Waals surface area contributed by atoms with Gasteiger partial charge < -0.3 is 15.0 Å². The van der Waals surface area contributed by atoms with Crippen LogP contribution in [0.5, 0.6) is 0 Å². The van der Waals surface area contributed by atoms with Gasteiger partial charge in [0, 0.05) is 24.0 Å². The van der Waals surface area contributed by atoms with Gasteiger partial charge in [0.05, 0.1) is 6.04 Å². The van der Waals surface area contributed by atoms with Crippen molar-refractivity contribution in [2.45, 2.75) is 51.7 Å². The van der Waals surface area contributed by atoms with Gasteiger partial charge in [-0.05, 0) is 87.6 Å². The van der Waals surface area contributed by atoms with Gasteiger partial charge >= 0.3 is 6.09 Å². The zero-order chi connectivity index (χ0) is 25.3. The Hall–Kier alpha value is -3.94. The summed E-state index contributed by atoms with van der Waals surface area (Å²) in [6.07, 6.45) is 4.53. The van der Waals surface area contributed by atoms with E-state index in [1.165, 1.54) is 12.1 Å². The molecule has 5 rings (SSSR count). The van der Waals surface area contributed by atoms with Crippen molar-refractivity contribution in [2.75, 3.05) is 11.9 Å². The van der Waals surface area contributed by atoms with Crippen molar-refractivity contribution < 1.29 is 13.9 Å². The zero-order valence-electron chi connectivity index (χ0n) is 20.7. The lowest BCUT2D eigenvalue weighted by atomic mass is 9.95. The second-order valence-corrected chi connectivity index (χ2v) is 10.1. The number of nitrogens with zero attached hydrogens (tertiary/aromatic N) is 4. The summed E-state index contributed by atoms with van der Waals surface area (Å²) in [6, 6.07) is 18.2. The van der Waals surface area contributed by atoms with Gasteiger partial charge in [0.1, 0.15) is 11.4 Å². The third kappa shape index (κ3) is 5.17. The Kier molecular flexibility index (Phi) is 6.35. The van der Waals surface area contributed by atoms with Crippen molar-refractivity contribution in [2.24, 2.45) is 0 Å². The lowest BCUT2D eigenvalue weighted by molar-refractivity contribution is 0.00951. The number of carbonyl (C=O) groups excluding carboxylic acids is 1. The van der Waals surface area contributed by atoms with Crippen LogP contribution in [0, 0.1) is 5.82 Å². The Balaban J connectivity index is 1.34. The molecule has 1 amide bonds. The van der Waals surface area contributed by atoms with E-state index in [9.17, 15) is 9.18 Å². The number of aromatic nitrogens is 3. The Morgan fingerprint density at radius 3 is 2.53 bits per heavy atom. The van der Waals surface area contributed by atoms with Gasteiger partial charge in [0.25, 0.3) is 0 Å². The number of hydrogen-bond donors (Lipinski definition) is 1. The van der Waals surface area contributed by atoms with E-state index >= 15 is 0 Å². The van der Waals surface area contributed by atoms with Crippen LogP contribution in [0.4, 0.5) is 20.8 Å². The molecule has 4 aromatic rings. The number of carbonyl (C=O) groups is 1. The molecule has 1 N–H and O–H groups in total. The van der Waals surface area contributed by atoms with E-state index in [4.69, 9.17) is 4.74 Å². The van der Waals surface area contributed by atoms with E-state index in [0.29, 0.717) is 18.1 Å². The maximum absolute atomic E-state index is 13.4. The van der Waals surface area contributed by atoms with Crippen LogP contribution < -0.4 is 5.32 Å². The standard InChI is InChI=1S/C28H30FN5O2/c1-28(2,3)36-27(35)33-17-5-4-8-24(33)20-11-15-22(16-12-20)30-26-31-25-23(7-6-18-34(25)32-26)19-9-13-21(29)14-10-19/h6-7,9-16,18,24H,4-5,8,17H2,1-3H3,(H,30,32). The number of piperidine rings is 1. The molecular formula is C28H30FN5O2. The summed E-state index contributed by atoms with van der Waals surface area (Å²) >= 11 is 0. The lowest BCUT2D eigenvalue weighted by Crippen LogP contribution is -2.41. The van der Waals surface area contributed by atoms with Gasteiger partial charge in [-0.2, -0.15) is 4.98 Å². The number of hydrogen-bond acceptors (Lipinski definition) is 5. The monoisotopic (exact) mass is 487 g/mol. The number of anilines is 2. The molecule has 1 atom stereocenters. The number of likely N-dealkylation sites (tertiary alicyclic amines) is 1. The minimum Gasteiger partial charge on any atom is -0.444 e. The van der Waals surface area contributed by atoms with E-state index in [0.717, 1.165) is 41.6 Å². The molecule has 1 unspecified atom stereocenters. The highest BCUT2D eigenvalue weighted by atomic mass is 19.1. The molecule has 1 saturated heterocycles. The van der Waals surface area contributed by atoms with E-state index in [1.54, 1.807) is 16.6 Å². The van der Waals surface area contributed by atoms with Gasteiger partial charge in [-0.25, -0.2) is 13.7 Å². The van der Waals surface area contributed by atoms with Crippen LogP contribution in [0.2, 0.25) is 0 Å². The highest BCUT2D eigenvalue weighted by molar-refractivity contribution is 5.78. The van der Waals surface area contributed by atoms with Crippen LogP contribution in [-0.2, 0) is 4.74 Å². The third-order valence-electron chi connectivity index (χ3n) is 6.20. The number of fused-ring (bicyclic) bond motifs is 1. The van der Waals surface area contributed by atoms with Crippen LogP contribution in [0.15, 0.2) is 66.9 Å². The summed E-state index contributed by atoms with van der Waals surface area (Å²) in [5.41, 5.74) is 3.81. The summed E-state index contributed by atoms with van der Waals surface area (Å²) < 4.78 is 20.7. The quantitative estimate of drug-likeness (QED) is 0.345. The summed E-state index contributed by atoms with van der Waals surface area (Å²) in [5, 5.41) is 7.81. The molecule has 1 aliphatic heterocycles. The fraction of sp³-hybridized carbons (Fsp3) is 0.321. The first kappa shape index (κ1) is 23.8. The third-order valence-corrected chi connectivity index (χ3v) is 6.20. The second-order valence-electron chi connectivity index (χ2n) is 10.1. The fourth-order valence-electron chi connectivity index (χ4n) is 4.55. The number of rotatable bonds is 4. The smallest absolute Gasteiger partial charge is 0.410 e. The van der Waals surface area contributed by atoms with Gasteiger partial charge in [-0.15, -0.1) is 5.10 Å². The van der Waals surface area contributed by atoms with Gasteiger partial charge in [0.2, 0.25) is 5.95 Å². The summed E-state index contributed by atoms with van der Waals surface area (Å²) in [5.74, 6) is 0.186.